The number of nitrogens with zero attached hydrogens (tertiary/aromatic N) is 1. The third-order valence-electron chi connectivity index (χ3n) is 3.62. The maximum Gasteiger partial charge on any atom is 0.172 e. The van der Waals surface area contributed by atoms with Crippen LogP contribution in [0.1, 0.15) is 54.6 Å². The van der Waals surface area contributed by atoms with Crippen LogP contribution in [0.25, 0.3) is 0 Å². The van der Waals surface area contributed by atoms with Gasteiger partial charge in [-0.05, 0) is 56.8 Å². The normalized spacial score (nSPS) is 16.9. The lowest BCUT2D eigenvalue weighted by molar-refractivity contribution is 0.0982. The van der Waals surface area contributed by atoms with E-state index in [-0.39, 0.29) is 0 Å². The highest BCUT2D eigenvalue weighted by Gasteiger charge is 2.09. The standard InChI is InChI=1S/C15H23NOS/c17-14(15-9-7-13-18-15)8-3-1-4-10-16-11-5-2-6-12-16/h7,9,13H,1-6,8,10-12H2. The first-order chi connectivity index (χ1) is 8.86. The molecule has 0 spiro atoms. The van der Waals surface area contributed by atoms with E-state index in [0.717, 1.165) is 17.7 Å². The number of carbonyl (C=O) groups is 1. The highest BCUT2D eigenvalue weighted by Crippen LogP contribution is 2.14. The first-order valence-electron chi connectivity index (χ1n) is 7.15. The van der Waals surface area contributed by atoms with Gasteiger partial charge in [0.25, 0.3) is 0 Å². The van der Waals surface area contributed by atoms with Gasteiger partial charge in [0, 0.05) is 6.42 Å². The molecule has 3 heteroatoms. The molecule has 2 heterocycles. The zero-order valence-corrected chi connectivity index (χ0v) is 11.9. The molecule has 1 saturated heterocycles. The Morgan fingerprint density at radius 3 is 2.72 bits per heavy atom. The summed E-state index contributed by atoms with van der Waals surface area (Å²) in [5.41, 5.74) is 0. The van der Waals surface area contributed by atoms with E-state index >= 15 is 0 Å². The molecule has 1 aliphatic rings. The van der Waals surface area contributed by atoms with Crippen LogP contribution in [0.4, 0.5) is 0 Å². The largest absolute Gasteiger partial charge is 0.303 e. The number of hydrogen-bond donors (Lipinski definition) is 0. The quantitative estimate of drug-likeness (QED) is 0.549. The molecule has 1 aliphatic heterocycles. The summed E-state index contributed by atoms with van der Waals surface area (Å²) in [6.45, 7) is 3.80. The summed E-state index contributed by atoms with van der Waals surface area (Å²) in [4.78, 5) is 15.3. The minimum absolute atomic E-state index is 0.322. The summed E-state index contributed by atoms with van der Waals surface area (Å²) in [7, 11) is 0. The molecule has 0 radical (unpaired) electrons. The van der Waals surface area contributed by atoms with Gasteiger partial charge in [-0.1, -0.05) is 18.9 Å². The fourth-order valence-electron chi connectivity index (χ4n) is 2.54. The molecule has 1 fully saturated rings. The Labute approximate surface area is 114 Å². The van der Waals surface area contributed by atoms with Crippen molar-refractivity contribution in [2.75, 3.05) is 19.6 Å². The molecule has 18 heavy (non-hydrogen) atoms. The predicted molar refractivity (Wildman–Crippen MR) is 77.4 cm³/mol. The number of hydrogen-bond acceptors (Lipinski definition) is 3. The molecule has 0 unspecified atom stereocenters. The maximum atomic E-state index is 11.8. The van der Waals surface area contributed by atoms with Gasteiger partial charge in [-0.15, -0.1) is 11.3 Å². The number of likely N-dealkylation sites (tertiary alicyclic amines) is 1. The van der Waals surface area contributed by atoms with Gasteiger partial charge in [-0.3, -0.25) is 4.79 Å². The second kappa shape index (κ2) is 7.70. The van der Waals surface area contributed by atoms with E-state index in [0.29, 0.717) is 5.78 Å². The average molecular weight is 265 g/mol. The second-order valence-electron chi connectivity index (χ2n) is 5.11. The van der Waals surface area contributed by atoms with Crippen molar-refractivity contribution in [1.82, 2.24) is 4.90 Å². The number of Topliss-reactive ketones (excluding diaryl/α,β-unsaturated/α-hetero) is 1. The van der Waals surface area contributed by atoms with Crippen LogP contribution in [-0.4, -0.2) is 30.3 Å². The van der Waals surface area contributed by atoms with Crippen molar-refractivity contribution in [1.29, 1.82) is 0 Å². The van der Waals surface area contributed by atoms with E-state index in [1.54, 1.807) is 11.3 Å². The van der Waals surface area contributed by atoms with Crippen LogP contribution in [0, 0.1) is 0 Å². The Morgan fingerprint density at radius 2 is 2.00 bits per heavy atom. The maximum absolute atomic E-state index is 11.8. The van der Waals surface area contributed by atoms with Crippen LogP contribution in [0.2, 0.25) is 0 Å². The van der Waals surface area contributed by atoms with Gasteiger partial charge in [-0.25, -0.2) is 0 Å². The summed E-state index contributed by atoms with van der Waals surface area (Å²) in [6, 6.07) is 3.88. The summed E-state index contributed by atoms with van der Waals surface area (Å²) < 4.78 is 0. The first kappa shape index (κ1) is 13.8. The monoisotopic (exact) mass is 265 g/mol. The minimum Gasteiger partial charge on any atom is -0.303 e. The van der Waals surface area contributed by atoms with E-state index in [1.807, 2.05) is 17.5 Å². The molecule has 1 aromatic heterocycles. The Balaban J connectivity index is 1.52. The van der Waals surface area contributed by atoms with Crippen LogP contribution in [-0.2, 0) is 0 Å². The molecular weight excluding hydrogens is 242 g/mol. The minimum atomic E-state index is 0.322. The van der Waals surface area contributed by atoms with Crippen LogP contribution >= 0.6 is 11.3 Å². The highest BCUT2D eigenvalue weighted by molar-refractivity contribution is 7.12. The van der Waals surface area contributed by atoms with Gasteiger partial charge >= 0.3 is 0 Å². The number of carbonyl (C=O) groups excluding carboxylic acids is 1. The smallest absolute Gasteiger partial charge is 0.172 e. The Bertz CT molecular complexity index is 341. The number of rotatable bonds is 7. The lowest BCUT2D eigenvalue weighted by Gasteiger charge is -2.26. The van der Waals surface area contributed by atoms with Crippen LogP contribution in [0.15, 0.2) is 17.5 Å². The molecule has 0 aromatic carbocycles. The topological polar surface area (TPSA) is 20.3 Å². The molecule has 0 aliphatic carbocycles. The highest BCUT2D eigenvalue weighted by atomic mass is 32.1. The fraction of sp³-hybridized carbons (Fsp3) is 0.667. The zero-order valence-electron chi connectivity index (χ0n) is 11.1. The molecular formula is C15H23NOS. The molecule has 0 bridgehead atoms. The third-order valence-corrected chi connectivity index (χ3v) is 4.53. The molecule has 2 rings (SSSR count). The van der Waals surface area contributed by atoms with Gasteiger partial charge in [-0.2, -0.15) is 0 Å². The van der Waals surface area contributed by atoms with E-state index in [1.165, 1.54) is 51.7 Å². The van der Waals surface area contributed by atoms with Crippen molar-refractivity contribution in [2.24, 2.45) is 0 Å². The van der Waals surface area contributed by atoms with E-state index < -0.39 is 0 Å². The SMILES string of the molecule is O=C(CCCCCN1CCCCC1)c1cccs1. The van der Waals surface area contributed by atoms with E-state index in [2.05, 4.69) is 4.90 Å². The number of ketones is 1. The van der Waals surface area contributed by atoms with Gasteiger partial charge in [0.2, 0.25) is 0 Å². The molecule has 0 saturated carbocycles. The molecule has 2 nitrogen and oxygen atoms in total. The fourth-order valence-corrected chi connectivity index (χ4v) is 3.24. The Kier molecular flexibility index (Phi) is 5.88. The zero-order chi connectivity index (χ0) is 12.6. The lowest BCUT2D eigenvalue weighted by Crippen LogP contribution is -2.30. The molecule has 0 atom stereocenters. The third kappa shape index (κ3) is 4.54. The Morgan fingerprint density at radius 1 is 1.17 bits per heavy atom. The average Bonchev–Trinajstić information content (AvgIpc) is 2.93. The van der Waals surface area contributed by atoms with Crippen molar-refractivity contribution in [3.8, 4) is 0 Å². The van der Waals surface area contributed by atoms with Gasteiger partial charge in [0.05, 0.1) is 4.88 Å². The first-order valence-corrected chi connectivity index (χ1v) is 8.03. The molecule has 0 amide bonds. The number of piperidine rings is 1. The van der Waals surface area contributed by atoms with Crippen molar-refractivity contribution >= 4 is 17.1 Å². The van der Waals surface area contributed by atoms with E-state index in [9.17, 15) is 4.79 Å². The molecule has 1 aromatic rings. The predicted octanol–water partition coefficient (Wildman–Crippen LogP) is 3.98. The van der Waals surface area contributed by atoms with Gasteiger partial charge in [0.1, 0.15) is 0 Å². The number of unbranched alkanes of at least 4 members (excludes halogenated alkanes) is 2. The van der Waals surface area contributed by atoms with Gasteiger partial charge in [0.15, 0.2) is 5.78 Å². The van der Waals surface area contributed by atoms with Crippen molar-refractivity contribution in [3.63, 3.8) is 0 Å². The summed E-state index contributed by atoms with van der Waals surface area (Å²) >= 11 is 1.56. The van der Waals surface area contributed by atoms with Gasteiger partial charge < -0.3 is 4.90 Å². The molecule has 0 N–H and O–H groups in total. The summed E-state index contributed by atoms with van der Waals surface area (Å²) in [5.74, 6) is 0.322. The van der Waals surface area contributed by atoms with Crippen molar-refractivity contribution in [3.05, 3.63) is 22.4 Å². The van der Waals surface area contributed by atoms with Crippen LogP contribution in [0.3, 0.4) is 0 Å². The second-order valence-corrected chi connectivity index (χ2v) is 6.06. The van der Waals surface area contributed by atoms with Crippen molar-refractivity contribution in [2.45, 2.75) is 44.9 Å². The summed E-state index contributed by atoms with van der Waals surface area (Å²) in [5, 5.41) is 1.98. The van der Waals surface area contributed by atoms with E-state index in [4.69, 9.17) is 0 Å². The summed E-state index contributed by atoms with van der Waals surface area (Å²) in [6.07, 6.45) is 8.36. The van der Waals surface area contributed by atoms with Crippen LogP contribution in [0.5, 0.6) is 0 Å². The number of thiophene rings is 1. The Hall–Kier alpha value is -0.670. The lowest BCUT2D eigenvalue weighted by atomic mass is 10.1. The van der Waals surface area contributed by atoms with Crippen LogP contribution < -0.4 is 0 Å². The van der Waals surface area contributed by atoms with Crippen molar-refractivity contribution < 1.29 is 4.79 Å². The molecule has 100 valence electrons.